The molecule has 114 heavy (non-hydrogen) atoms. The third kappa shape index (κ3) is 19.7. The van der Waals surface area contributed by atoms with Crippen LogP contribution < -0.4 is 0 Å². The smallest absolute Gasteiger partial charge is 0.364 e. The molecule has 0 aliphatic carbocycles. The normalized spacial score (nSPS) is 49.9. The van der Waals surface area contributed by atoms with Gasteiger partial charge in [0.1, 0.15) is 226 Å². The summed E-state index contributed by atoms with van der Waals surface area (Å²) in [6.07, 6.45) is -112. The maximum Gasteiger partial charge on any atom is 0.364 e. The average Bonchev–Trinajstić information content (AvgIpc) is 0.753. The number of carboxylic acids is 2. The van der Waals surface area contributed by atoms with Crippen molar-refractivity contribution in [2.45, 2.75) is 307 Å². The zero-order valence-electron chi connectivity index (χ0n) is 59.3. The van der Waals surface area contributed by atoms with Gasteiger partial charge >= 0.3 is 11.9 Å². The molecule has 0 spiro atoms. The fourth-order valence-corrected chi connectivity index (χ4v) is 14.3. The molecule has 53 nitrogen and oxygen atoms in total. The zero-order valence-corrected chi connectivity index (χ0v) is 59.3. The molecule has 0 saturated carbocycles. The van der Waals surface area contributed by atoms with E-state index in [1.165, 1.54) is 0 Å². The highest BCUT2D eigenvalue weighted by Gasteiger charge is 2.65. The highest BCUT2D eigenvalue weighted by Crippen LogP contribution is 2.44. The number of aliphatic carboxylic acids is 2. The van der Waals surface area contributed by atoms with Crippen LogP contribution >= 0.6 is 0 Å². The summed E-state index contributed by atoms with van der Waals surface area (Å²) < 4.78 is 96.9. The van der Waals surface area contributed by atoms with Crippen molar-refractivity contribution in [1.82, 2.24) is 0 Å². The second-order valence-corrected chi connectivity index (χ2v) is 28.6. The Balaban J connectivity index is 1.10. The third-order valence-electron chi connectivity index (χ3n) is 20.9. The largest absolute Gasteiger partial charge is 0.477 e. The van der Waals surface area contributed by atoms with Crippen molar-refractivity contribution in [3.8, 4) is 0 Å². The first kappa shape index (κ1) is 94.8. The van der Waals surface area contributed by atoms with Crippen LogP contribution in [0.2, 0.25) is 0 Å². The Hall–Kier alpha value is -3.02. The van der Waals surface area contributed by atoms with E-state index in [1.807, 2.05) is 0 Å². The van der Waals surface area contributed by atoms with E-state index in [-0.39, 0.29) is 0 Å². The number of rotatable bonds is 32. The van der Waals surface area contributed by atoms with Crippen molar-refractivity contribution in [3.63, 3.8) is 0 Å². The van der Waals surface area contributed by atoms with Crippen molar-refractivity contribution < 1.29 is 264 Å². The van der Waals surface area contributed by atoms with E-state index in [9.17, 15) is 183 Å². The summed E-state index contributed by atoms with van der Waals surface area (Å²) >= 11 is 0. The fraction of sp³-hybridized carbons (Fsp3) is 0.967. The predicted molar refractivity (Wildman–Crippen MR) is 337 cm³/mol. The van der Waals surface area contributed by atoms with E-state index in [0.29, 0.717) is 0 Å². The molecule has 0 bridgehead atoms. The lowest BCUT2D eigenvalue weighted by Crippen LogP contribution is -2.70. The van der Waals surface area contributed by atoms with Crippen LogP contribution in [0, 0.1) is 0 Å². The van der Waals surface area contributed by atoms with Gasteiger partial charge in [0, 0.05) is 12.8 Å². The van der Waals surface area contributed by atoms with Gasteiger partial charge in [0.25, 0.3) is 11.6 Å². The van der Waals surface area contributed by atoms with Crippen molar-refractivity contribution in [1.29, 1.82) is 0 Å². The van der Waals surface area contributed by atoms with Crippen LogP contribution in [0.4, 0.5) is 0 Å². The monoisotopic (exact) mass is 1680 g/mol. The minimum Gasteiger partial charge on any atom is -0.477 e. The molecule has 9 aliphatic heterocycles. The number of aliphatic hydroxyl groups excluding tert-OH is 31. The first-order valence-electron chi connectivity index (χ1n) is 35.5. The Morgan fingerprint density at radius 1 is 0.325 bits per heavy atom. The predicted octanol–water partition coefficient (Wildman–Crippen LogP) is -22.9. The highest BCUT2D eigenvalue weighted by molar-refractivity contribution is 5.77. The summed E-state index contributed by atoms with van der Waals surface area (Å²) in [5.41, 5.74) is 0. The number of hydrogen-bond acceptors (Lipinski definition) is 51. The zero-order chi connectivity index (χ0) is 84.5. The molecule has 664 valence electrons. The van der Waals surface area contributed by atoms with Gasteiger partial charge in [-0.2, -0.15) is 0 Å². The minimum atomic E-state index is -3.65. The number of carboxylic acid groups (broad SMARTS) is 2. The summed E-state index contributed by atoms with van der Waals surface area (Å²) in [6.45, 7) is -11.2. The second-order valence-electron chi connectivity index (χ2n) is 28.6. The van der Waals surface area contributed by atoms with E-state index in [1.54, 1.807) is 0 Å². The first-order chi connectivity index (χ1) is 53.6. The molecule has 0 amide bonds. The van der Waals surface area contributed by atoms with Gasteiger partial charge < -0.3 is 254 Å². The van der Waals surface area contributed by atoms with Crippen LogP contribution in [0.5, 0.6) is 0 Å². The van der Waals surface area contributed by atoms with E-state index in [0.717, 1.165) is 0 Å². The van der Waals surface area contributed by atoms with E-state index in [4.69, 9.17) is 80.5 Å². The maximum absolute atomic E-state index is 13.3. The lowest BCUT2D eigenvalue weighted by atomic mass is 9.89. The molecule has 9 heterocycles. The topological polar surface area (TPSA) is 879 Å². The molecule has 0 aromatic carbocycles. The average molecular weight is 1680 g/mol. The molecule has 0 aromatic heterocycles. The van der Waals surface area contributed by atoms with Crippen molar-refractivity contribution in [3.05, 3.63) is 0 Å². The lowest BCUT2D eigenvalue weighted by molar-refractivity contribution is -0.410. The Labute approximate surface area is 640 Å². The van der Waals surface area contributed by atoms with Gasteiger partial charge in [0.05, 0.1) is 71.7 Å². The van der Waals surface area contributed by atoms with Crippen LogP contribution in [0.15, 0.2) is 0 Å². The van der Waals surface area contributed by atoms with E-state index in [2.05, 4.69) is 0 Å². The molecule has 9 saturated heterocycles. The summed E-state index contributed by atoms with van der Waals surface area (Å²) in [5, 5.41) is 373. The Kier molecular flexibility index (Phi) is 33.2. The van der Waals surface area contributed by atoms with Crippen LogP contribution in [-0.4, -0.2) is 539 Å². The molecule has 34 N–H and O–H groups in total. The van der Waals surface area contributed by atoms with Crippen molar-refractivity contribution >= 4 is 11.9 Å². The van der Waals surface area contributed by atoms with Gasteiger partial charge in [-0.05, 0) is 0 Å². The number of aliphatic hydroxyl groups is 32. The quantitative estimate of drug-likeness (QED) is 0.0297. The summed E-state index contributed by atoms with van der Waals surface area (Å²) in [6, 6.07) is 0. The van der Waals surface area contributed by atoms with E-state index >= 15 is 0 Å². The number of hydrogen-bond donors (Lipinski definition) is 34. The van der Waals surface area contributed by atoms with E-state index < -0.39 is 378 Å². The Morgan fingerprint density at radius 3 is 1.18 bits per heavy atom. The Morgan fingerprint density at radius 2 is 0.693 bits per heavy atom. The fourth-order valence-electron chi connectivity index (χ4n) is 14.3. The minimum absolute atomic E-state index is 1.04. The van der Waals surface area contributed by atoms with Crippen molar-refractivity contribution in [2.75, 3.05) is 59.5 Å². The van der Waals surface area contributed by atoms with Gasteiger partial charge in [-0.1, -0.05) is 0 Å². The van der Waals surface area contributed by atoms with Crippen LogP contribution in [-0.2, 0) is 90.1 Å². The molecule has 0 aromatic rings. The van der Waals surface area contributed by atoms with Gasteiger partial charge in [-0.25, -0.2) is 9.59 Å². The Bertz CT molecular complexity index is 2980. The SMILES string of the molecule is O=C(O)[C@@]1(O[C@@H]2C[C@](O)(C(=O)O)O[C@H]([C@H](O)CO)[C@@H]2O[C@H]2O[C@H]([C@@H](O)CO)[C@@H](O)[C@H](O[C@H]3O[C@H]([C@@H](O)CO[C@H]4O[C@H]([C@@H](O)CO)[C@@H](O)[C@H](O)[C@@H]4O)[C@@H](O)[C@H](O[C@H]4O[C@H](CO[C@H]5O[C@H](CO)[C@H](O)[C@H](O)[C@H]5O)[C@H](O)[C@H](O[C@H]5O[C@H](CO)[C@H](O)[C@H](O)[C@H]5O[C@H]5O[C@H](CO)[C@@H](O)[C@H](O)[C@H]5O)[C@H]4O)[C@@H]3O)[C@@H]2O)C[C@@H](O)[C@@H](O)[C@@H]([C@H](O)CO)O1. The lowest BCUT2D eigenvalue weighted by Gasteiger charge is -2.52. The van der Waals surface area contributed by atoms with Gasteiger partial charge in [0.2, 0.25) is 0 Å². The first-order valence-corrected chi connectivity index (χ1v) is 35.5. The number of ether oxygens (including phenoxy) is 17. The molecular formula is C61H102O53. The van der Waals surface area contributed by atoms with Gasteiger partial charge in [-0.15, -0.1) is 0 Å². The molecule has 0 radical (unpaired) electrons. The molecule has 48 atom stereocenters. The molecule has 53 heteroatoms. The van der Waals surface area contributed by atoms with Crippen molar-refractivity contribution in [2.24, 2.45) is 0 Å². The van der Waals surface area contributed by atoms with Gasteiger partial charge in [0.15, 0.2) is 44.0 Å². The molecule has 9 fully saturated rings. The van der Waals surface area contributed by atoms with Gasteiger partial charge in [-0.3, -0.25) is 0 Å². The van der Waals surface area contributed by atoms with Crippen LogP contribution in [0.3, 0.4) is 0 Å². The maximum atomic E-state index is 13.3. The summed E-state index contributed by atoms with van der Waals surface area (Å²) in [5.74, 6) is -11.7. The molecule has 9 rings (SSSR count). The summed E-state index contributed by atoms with van der Waals surface area (Å²) in [4.78, 5) is 26.0. The highest BCUT2D eigenvalue weighted by atomic mass is 16.8. The second kappa shape index (κ2) is 39.9. The molecule has 0 unspecified atom stereocenters. The van der Waals surface area contributed by atoms with Crippen LogP contribution in [0.25, 0.3) is 0 Å². The third-order valence-corrected chi connectivity index (χ3v) is 20.9. The number of carbonyl (C=O) groups is 2. The standard InChI is InChI=1S/C61H102O53/c62-3-13(70)41-32(84)30(82)34(86)52(104-41)98-10-17(74)43-37(89)49(108-54-38(90)47(27(79)22(103-54)11-99-51-33(85)28(80)24(76)19(7-66)100-51)110-57-50(31(83)26(78)21(9-68)102-57)111-53-35(87)29(81)25(77)20(8-67)101-53)40(92)56(106-43)109-48-36(88)42(14(71)4-63)105-55(39(48)91)107-46-18(2-60(97,58(93)94)113-45(46)16(73)6-65)112-61(59(95)96)1-12(69)23(75)44(114-61)15(72)5-64/h12-57,62-92,97H,1-11H2,(H,93,94)(H,95,96)/t12-,13+,14+,15-,16-,17+,18-,19-,20-,21-,22-,23-,24+,25-,26+,27+,28+,29+,30+,31+,32+,33-,34+,35-,36-,37-,38-,39+,40+,41-,42-,43-,44-,45-,46-,47+,48+,49+,50-,51+,52+,53-,54-,55-,56-,57-,60-,61-/m1/s1. The molecular weight excluding hydrogens is 1580 g/mol. The molecule has 9 aliphatic rings. The summed E-state index contributed by atoms with van der Waals surface area (Å²) in [7, 11) is 0. The van der Waals surface area contributed by atoms with Crippen LogP contribution in [0.1, 0.15) is 12.8 Å².